The fraction of sp³-hybridized carbons (Fsp3) is 0.529. The van der Waals surface area contributed by atoms with Crippen molar-refractivity contribution >= 4 is 11.6 Å². The lowest BCUT2D eigenvalue weighted by atomic mass is 9.99. The number of amides is 1. The molecule has 1 unspecified atom stereocenters. The Hall–Kier alpha value is -1.84. The summed E-state index contributed by atoms with van der Waals surface area (Å²) in [7, 11) is 0. The number of fused-ring (bicyclic) bond motifs is 1. The van der Waals surface area contributed by atoms with E-state index in [4.69, 9.17) is 0 Å². The highest BCUT2D eigenvalue weighted by atomic mass is 16.2. The van der Waals surface area contributed by atoms with Gasteiger partial charge in [-0.25, -0.2) is 4.98 Å². The molecule has 0 saturated carbocycles. The Morgan fingerprint density at radius 1 is 1.38 bits per heavy atom. The van der Waals surface area contributed by atoms with E-state index in [9.17, 15) is 4.79 Å². The molecule has 0 radical (unpaired) electrons. The van der Waals surface area contributed by atoms with Gasteiger partial charge in [-0.05, 0) is 51.2 Å². The minimum Gasteiger partial charge on any atom is -0.334 e. The number of carbonyl (C=O) groups is 1. The standard InChI is InChI=1S/C17H23N3O/c1-4-14-9-5-6-10-19(14)17(21)15-13(3)18-16-12(2)8-7-11-20(15)16/h7-8,11,14H,4-6,9-10H2,1-3H3. The van der Waals surface area contributed by atoms with Gasteiger partial charge < -0.3 is 4.90 Å². The number of hydrogen-bond acceptors (Lipinski definition) is 2. The molecule has 3 heterocycles. The first-order chi connectivity index (χ1) is 10.1. The second-order valence-corrected chi connectivity index (χ2v) is 5.99. The van der Waals surface area contributed by atoms with E-state index in [0.29, 0.717) is 6.04 Å². The van der Waals surface area contributed by atoms with Gasteiger partial charge in [0.05, 0.1) is 5.69 Å². The second-order valence-electron chi connectivity index (χ2n) is 5.99. The Morgan fingerprint density at radius 2 is 2.19 bits per heavy atom. The lowest BCUT2D eigenvalue weighted by molar-refractivity contribution is 0.0600. The van der Waals surface area contributed by atoms with Gasteiger partial charge in [0.15, 0.2) is 0 Å². The SMILES string of the molecule is CCC1CCCCN1C(=O)c1c(C)nc2c(C)cccn12. The van der Waals surface area contributed by atoms with Gasteiger partial charge in [-0.15, -0.1) is 0 Å². The third-order valence-corrected chi connectivity index (χ3v) is 4.58. The van der Waals surface area contributed by atoms with Gasteiger partial charge in [-0.2, -0.15) is 0 Å². The monoisotopic (exact) mass is 285 g/mol. The maximum absolute atomic E-state index is 13.0. The van der Waals surface area contributed by atoms with Crippen molar-refractivity contribution in [3.8, 4) is 0 Å². The summed E-state index contributed by atoms with van der Waals surface area (Å²) >= 11 is 0. The molecule has 1 atom stereocenters. The molecule has 0 N–H and O–H groups in total. The van der Waals surface area contributed by atoms with Crippen LogP contribution in [0.2, 0.25) is 0 Å². The Labute approximate surface area is 125 Å². The van der Waals surface area contributed by atoms with Gasteiger partial charge in [0, 0.05) is 18.8 Å². The molecule has 112 valence electrons. The van der Waals surface area contributed by atoms with Crippen LogP contribution in [0.15, 0.2) is 18.3 Å². The Bertz CT molecular complexity index is 674. The van der Waals surface area contributed by atoms with E-state index in [0.717, 1.165) is 48.4 Å². The van der Waals surface area contributed by atoms with E-state index in [1.807, 2.05) is 36.6 Å². The Kier molecular flexibility index (Phi) is 3.70. The number of carbonyl (C=O) groups excluding carboxylic acids is 1. The third kappa shape index (κ3) is 2.33. The van der Waals surface area contributed by atoms with Gasteiger partial charge in [-0.1, -0.05) is 13.0 Å². The van der Waals surface area contributed by atoms with E-state index in [1.54, 1.807) is 0 Å². The van der Waals surface area contributed by atoms with E-state index in [1.165, 1.54) is 6.42 Å². The number of piperidine rings is 1. The molecule has 21 heavy (non-hydrogen) atoms. The zero-order chi connectivity index (χ0) is 15.0. The molecule has 2 aromatic heterocycles. The average Bonchev–Trinajstić information content (AvgIpc) is 2.84. The van der Waals surface area contributed by atoms with Crippen molar-refractivity contribution in [1.29, 1.82) is 0 Å². The van der Waals surface area contributed by atoms with Gasteiger partial charge in [-0.3, -0.25) is 9.20 Å². The molecule has 3 rings (SSSR count). The molecule has 0 aliphatic carbocycles. The summed E-state index contributed by atoms with van der Waals surface area (Å²) < 4.78 is 1.95. The molecular formula is C17H23N3O. The second kappa shape index (κ2) is 5.51. The Morgan fingerprint density at radius 3 is 2.95 bits per heavy atom. The highest BCUT2D eigenvalue weighted by Gasteiger charge is 2.29. The topological polar surface area (TPSA) is 37.6 Å². The third-order valence-electron chi connectivity index (χ3n) is 4.58. The zero-order valence-corrected chi connectivity index (χ0v) is 13.1. The molecule has 0 bridgehead atoms. The van der Waals surface area contributed by atoms with Crippen LogP contribution in [0.4, 0.5) is 0 Å². The van der Waals surface area contributed by atoms with Crippen molar-refractivity contribution in [3.05, 3.63) is 35.3 Å². The van der Waals surface area contributed by atoms with Crippen LogP contribution in [0, 0.1) is 13.8 Å². The highest BCUT2D eigenvalue weighted by molar-refractivity contribution is 5.95. The minimum atomic E-state index is 0.136. The quantitative estimate of drug-likeness (QED) is 0.848. The van der Waals surface area contributed by atoms with Crippen LogP contribution in [0.25, 0.3) is 5.65 Å². The van der Waals surface area contributed by atoms with Gasteiger partial charge in [0.2, 0.25) is 0 Å². The van der Waals surface area contributed by atoms with Crippen molar-refractivity contribution in [2.24, 2.45) is 0 Å². The van der Waals surface area contributed by atoms with Crippen LogP contribution in [0.3, 0.4) is 0 Å². The van der Waals surface area contributed by atoms with E-state index in [-0.39, 0.29) is 5.91 Å². The fourth-order valence-corrected chi connectivity index (χ4v) is 3.40. The number of imidazole rings is 1. The molecule has 1 aliphatic heterocycles. The average molecular weight is 285 g/mol. The number of rotatable bonds is 2. The molecule has 4 nitrogen and oxygen atoms in total. The smallest absolute Gasteiger partial charge is 0.273 e. The van der Waals surface area contributed by atoms with Crippen molar-refractivity contribution in [1.82, 2.24) is 14.3 Å². The maximum atomic E-state index is 13.0. The number of hydrogen-bond donors (Lipinski definition) is 0. The molecule has 0 aromatic carbocycles. The van der Waals surface area contributed by atoms with Crippen LogP contribution in [0.1, 0.15) is 54.4 Å². The van der Waals surface area contributed by atoms with Crippen molar-refractivity contribution < 1.29 is 4.79 Å². The predicted octanol–water partition coefficient (Wildman–Crippen LogP) is 3.36. The molecule has 0 spiro atoms. The lowest BCUT2D eigenvalue weighted by Crippen LogP contribution is -2.44. The van der Waals surface area contributed by atoms with Crippen molar-refractivity contribution in [3.63, 3.8) is 0 Å². The van der Waals surface area contributed by atoms with Crippen LogP contribution in [-0.2, 0) is 0 Å². The molecule has 4 heteroatoms. The van der Waals surface area contributed by atoms with Crippen LogP contribution in [0.5, 0.6) is 0 Å². The first-order valence-corrected chi connectivity index (χ1v) is 7.88. The predicted molar refractivity (Wildman–Crippen MR) is 83.6 cm³/mol. The fourth-order valence-electron chi connectivity index (χ4n) is 3.40. The summed E-state index contributed by atoms with van der Waals surface area (Å²) in [5, 5.41) is 0. The number of pyridine rings is 1. The summed E-state index contributed by atoms with van der Waals surface area (Å²) in [5.74, 6) is 0.136. The molecular weight excluding hydrogens is 262 g/mol. The summed E-state index contributed by atoms with van der Waals surface area (Å²) in [5.41, 5.74) is 3.55. The molecule has 1 saturated heterocycles. The van der Waals surface area contributed by atoms with Gasteiger partial charge in [0.25, 0.3) is 5.91 Å². The van der Waals surface area contributed by atoms with E-state index in [2.05, 4.69) is 16.8 Å². The highest BCUT2D eigenvalue weighted by Crippen LogP contribution is 2.24. The molecule has 1 aliphatic rings. The summed E-state index contributed by atoms with van der Waals surface area (Å²) in [6, 6.07) is 4.39. The van der Waals surface area contributed by atoms with Crippen LogP contribution >= 0.6 is 0 Å². The Balaban J connectivity index is 2.05. The zero-order valence-electron chi connectivity index (χ0n) is 13.1. The van der Waals surface area contributed by atoms with E-state index < -0.39 is 0 Å². The summed E-state index contributed by atoms with van der Waals surface area (Å²) in [6.07, 6.45) is 6.43. The van der Waals surface area contributed by atoms with Crippen molar-refractivity contribution in [2.75, 3.05) is 6.54 Å². The first kappa shape index (κ1) is 14.1. The summed E-state index contributed by atoms with van der Waals surface area (Å²) in [6.45, 7) is 7.01. The van der Waals surface area contributed by atoms with Crippen LogP contribution in [-0.4, -0.2) is 32.8 Å². The maximum Gasteiger partial charge on any atom is 0.273 e. The first-order valence-electron chi connectivity index (χ1n) is 7.88. The minimum absolute atomic E-state index is 0.136. The number of aryl methyl sites for hydroxylation is 2. The number of likely N-dealkylation sites (tertiary alicyclic amines) is 1. The lowest BCUT2D eigenvalue weighted by Gasteiger charge is -2.35. The van der Waals surface area contributed by atoms with Gasteiger partial charge >= 0.3 is 0 Å². The summed E-state index contributed by atoms with van der Waals surface area (Å²) in [4.78, 5) is 19.7. The van der Waals surface area contributed by atoms with Crippen LogP contribution < -0.4 is 0 Å². The normalized spacial score (nSPS) is 19.2. The van der Waals surface area contributed by atoms with Gasteiger partial charge in [0.1, 0.15) is 11.3 Å². The molecule has 1 fully saturated rings. The number of nitrogens with zero attached hydrogens (tertiary/aromatic N) is 3. The largest absolute Gasteiger partial charge is 0.334 e. The molecule has 1 amide bonds. The van der Waals surface area contributed by atoms with Crippen molar-refractivity contribution in [2.45, 2.75) is 52.5 Å². The van der Waals surface area contributed by atoms with E-state index >= 15 is 0 Å². The number of aromatic nitrogens is 2. The molecule has 2 aromatic rings.